The van der Waals surface area contributed by atoms with Crippen molar-refractivity contribution >= 4 is 17.8 Å². The zero-order chi connectivity index (χ0) is 14.7. The second-order valence-corrected chi connectivity index (χ2v) is 4.05. The Kier molecular flexibility index (Phi) is 3.95. The van der Waals surface area contributed by atoms with Crippen LogP contribution in [0.25, 0.3) is 0 Å². The van der Waals surface area contributed by atoms with Crippen LogP contribution in [0.15, 0.2) is 36.4 Å². The molecule has 1 aliphatic heterocycles. The number of rotatable bonds is 5. The summed E-state index contributed by atoms with van der Waals surface area (Å²) in [7, 11) is 0. The highest BCUT2D eigenvalue weighted by Gasteiger charge is 2.36. The lowest BCUT2D eigenvalue weighted by atomic mass is 10.1. The van der Waals surface area contributed by atoms with Gasteiger partial charge in [-0.3, -0.25) is 14.4 Å². The van der Waals surface area contributed by atoms with Crippen molar-refractivity contribution in [2.75, 3.05) is 13.2 Å². The highest BCUT2D eigenvalue weighted by molar-refractivity contribution is 6.20. The van der Waals surface area contributed by atoms with E-state index in [9.17, 15) is 14.4 Å². The Balaban J connectivity index is 2.03. The molecule has 1 heterocycles. The van der Waals surface area contributed by atoms with Gasteiger partial charge < -0.3 is 4.74 Å². The topological polar surface area (TPSA) is 72.9 Å². The fraction of sp³-hybridized carbons (Fsp3) is 0.214. The molecule has 0 aromatic heterocycles. The summed E-state index contributed by atoms with van der Waals surface area (Å²) in [6, 6.07) is 6.40. The van der Waals surface area contributed by atoms with Crippen molar-refractivity contribution in [1.29, 1.82) is 0 Å². The molecule has 6 heteroatoms. The van der Waals surface area contributed by atoms with Crippen molar-refractivity contribution in [1.82, 2.24) is 5.06 Å². The highest BCUT2D eigenvalue weighted by Crippen LogP contribution is 2.22. The summed E-state index contributed by atoms with van der Waals surface area (Å²) in [5.41, 5.74) is 0.585. The zero-order valence-electron chi connectivity index (χ0n) is 10.9. The van der Waals surface area contributed by atoms with Gasteiger partial charge in [-0.15, -0.1) is 5.06 Å². The first-order chi connectivity index (χ1) is 9.56. The van der Waals surface area contributed by atoms with Crippen LogP contribution < -0.4 is 0 Å². The maximum Gasteiger partial charge on any atom is 0.335 e. The van der Waals surface area contributed by atoms with Gasteiger partial charge in [0, 0.05) is 0 Å². The number of benzene rings is 1. The van der Waals surface area contributed by atoms with E-state index in [1.54, 1.807) is 31.2 Å². The number of hydrogen-bond acceptors (Lipinski definition) is 5. The summed E-state index contributed by atoms with van der Waals surface area (Å²) < 4.78 is 4.73. The van der Waals surface area contributed by atoms with Crippen LogP contribution >= 0.6 is 0 Å². The molecule has 0 saturated carbocycles. The summed E-state index contributed by atoms with van der Waals surface area (Å²) in [5.74, 6) is -1.73. The third-order valence-corrected chi connectivity index (χ3v) is 2.69. The van der Waals surface area contributed by atoms with Crippen molar-refractivity contribution in [3.8, 4) is 0 Å². The minimum absolute atomic E-state index is 0.0309. The lowest BCUT2D eigenvalue weighted by molar-refractivity contribution is -0.141. The number of ether oxygens (including phenoxy) is 1. The quantitative estimate of drug-likeness (QED) is 0.460. The molecular weight excluding hydrogens is 262 g/mol. The summed E-state index contributed by atoms with van der Waals surface area (Å²) >= 11 is 0. The van der Waals surface area contributed by atoms with Gasteiger partial charge in [-0.2, -0.15) is 0 Å². The Morgan fingerprint density at radius 3 is 2.25 bits per heavy atom. The van der Waals surface area contributed by atoms with Gasteiger partial charge in [0.1, 0.15) is 6.61 Å². The molecular formula is C14H13NO5. The fourth-order valence-electron chi connectivity index (χ4n) is 1.72. The number of amides is 2. The molecule has 0 spiro atoms. The molecule has 0 aliphatic carbocycles. The molecule has 104 valence electrons. The first-order valence-corrected chi connectivity index (χ1v) is 6.02. The fourth-order valence-corrected chi connectivity index (χ4v) is 1.72. The van der Waals surface area contributed by atoms with Gasteiger partial charge in [0.2, 0.25) is 0 Å². The van der Waals surface area contributed by atoms with Gasteiger partial charge in [0.15, 0.2) is 0 Å². The van der Waals surface area contributed by atoms with Gasteiger partial charge in [0.05, 0.1) is 23.3 Å². The Labute approximate surface area is 115 Å². The Bertz CT molecular complexity index is 558. The van der Waals surface area contributed by atoms with E-state index in [0.29, 0.717) is 5.06 Å². The molecule has 1 aromatic rings. The summed E-state index contributed by atoms with van der Waals surface area (Å²) in [4.78, 5) is 40.3. The monoisotopic (exact) mass is 275 g/mol. The maximum atomic E-state index is 11.9. The van der Waals surface area contributed by atoms with Gasteiger partial charge in [-0.25, -0.2) is 4.79 Å². The molecule has 1 aromatic carbocycles. The van der Waals surface area contributed by atoms with Gasteiger partial charge in [-0.05, 0) is 19.1 Å². The van der Waals surface area contributed by atoms with Crippen molar-refractivity contribution < 1.29 is 24.0 Å². The third kappa shape index (κ3) is 2.46. The van der Waals surface area contributed by atoms with Crippen molar-refractivity contribution in [3.05, 3.63) is 47.5 Å². The van der Waals surface area contributed by atoms with Crippen LogP contribution in [0.1, 0.15) is 27.6 Å². The zero-order valence-corrected chi connectivity index (χ0v) is 10.9. The maximum absolute atomic E-state index is 11.9. The van der Waals surface area contributed by atoms with E-state index in [0.717, 1.165) is 0 Å². The van der Waals surface area contributed by atoms with Crippen LogP contribution in [0.2, 0.25) is 0 Å². The molecule has 0 fully saturated rings. The number of fused-ring (bicyclic) bond motifs is 1. The van der Waals surface area contributed by atoms with E-state index in [1.165, 1.54) is 0 Å². The van der Waals surface area contributed by atoms with Crippen molar-refractivity contribution in [3.63, 3.8) is 0 Å². The minimum Gasteiger partial charge on any atom is -0.463 e. The van der Waals surface area contributed by atoms with Crippen LogP contribution in [0.5, 0.6) is 0 Å². The molecule has 1 aliphatic rings. The SMILES string of the molecule is C=C(CON1C(=O)c2ccccc2C1=O)C(=O)OCC. The molecule has 0 bridgehead atoms. The second-order valence-electron chi connectivity index (χ2n) is 4.05. The third-order valence-electron chi connectivity index (χ3n) is 2.69. The second kappa shape index (κ2) is 5.66. The molecule has 2 rings (SSSR count). The highest BCUT2D eigenvalue weighted by atomic mass is 16.7. The van der Waals surface area contributed by atoms with Crippen LogP contribution in [0, 0.1) is 0 Å². The predicted molar refractivity (Wildman–Crippen MR) is 68.7 cm³/mol. The molecule has 0 radical (unpaired) electrons. The predicted octanol–water partition coefficient (Wildman–Crippen LogP) is 1.33. The van der Waals surface area contributed by atoms with Crippen LogP contribution in [0.3, 0.4) is 0 Å². The average molecular weight is 275 g/mol. The number of imide groups is 1. The Morgan fingerprint density at radius 2 is 1.75 bits per heavy atom. The number of carbonyl (C=O) groups excluding carboxylic acids is 3. The largest absolute Gasteiger partial charge is 0.463 e. The average Bonchev–Trinajstić information content (AvgIpc) is 2.69. The Morgan fingerprint density at radius 1 is 1.20 bits per heavy atom. The summed E-state index contributed by atoms with van der Waals surface area (Å²) in [5, 5.41) is 0.634. The number of carbonyl (C=O) groups is 3. The molecule has 0 unspecified atom stereocenters. The van der Waals surface area contributed by atoms with Crippen LogP contribution in [-0.4, -0.2) is 36.1 Å². The first-order valence-electron chi connectivity index (χ1n) is 6.02. The molecule has 2 amide bonds. The Hall–Kier alpha value is -2.47. The number of nitrogens with zero attached hydrogens (tertiary/aromatic N) is 1. The lowest BCUT2D eigenvalue weighted by Crippen LogP contribution is -2.31. The van der Waals surface area contributed by atoms with E-state index in [2.05, 4.69) is 6.58 Å². The van der Waals surface area contributed by atoms with E-state index in [1.807, 2.05) is 0 Å². The van der Waals surface area contributed by atoms with Gasteiger partial charge >= 0.3 is 5.97 Å². The van der Waals surface area contributed by atoms with Gasteiger partial charge in [-0.1, -0.05) is 18.7 Å². The lowest BCUT2D eigenvalue weighted by Gasteiger charge is -2.13. The molecule has 20 heavy (non-hydrogen) atoms. The summed E-state index contributed by atoms with van der Waals surface area (Å²) in [6.45, 7) is 5.07. The number of hydroxylamine groups is 2. The van der Waals surface area contributed by atoms with E-state index in [-0.39, 0.29) is 29.9 Å². The van der Waals surface area contributed by atoms with E-state index >= 15 is 0 Å². The van der Waals surface area contributed by atoms with Gasteiger partial charge in [0.25, 0.3) is 11.8 Å². The normalized spacial score (nSPS) is 13.3. The smallest absolute Gasteiger partial charge is 0.335 e. The van der Waals surface area contributed by atoms with E-state index in [4.69, 9.17) is 9.57 Å². The minimum atomic E-state index is -0.621. The summed E-state index contributed by atoms with van der Waals surface area (Å²) in [6.07, 6.45) is 0. The number of hydrogen-bond donors (Lipinski definition) is 0. The van der Waals surface area contributed by atoms with Crippen molar-refractivity contribution in [2.24, 2.45) is 0 Å². The van der Waals surface area contributed by atoms with Crippen molar-refractivity contribution in [2.45, 2.75) is 6.92 Å². The standard InChI is InChI=1S/C14H13NO5/c1-3-19-14(18)9(2)8-20-15-12(16)10-6-4-5-7-11(10)13(15)17/h4-7H,2-3,8H2,1H3. The van der Waals surface area contributed by atoms with Crippen LogP contribution in [-0.2, 0) is 14.4 Å². The molecule has 0 saturated heterocycles. The number of esters is 1. The van der Waals surface area contributed by atoms with E-state index < -0.39 is 17.8 Å². The van der Waals surface area contributed by atoms with Crippen LogP contribution in [0.4, 0.5) is 0 Å². The molecule has 6 nitrogen and oxygen atoms in total. The first kappa shape index (κ1) is 14.0. The molecule has 0 N–H and O–H groups in total. The molecule has 0 atom stereocenters.